The standard InChI is InChI=1S/C15H23N3O/c1-14-4-10-3-11(5-14)7-15(6-10,9-14)13-18-17-12(19-13)8-16-2/h10-11,16H,3-9H2,1-2H3. The normalized spacial score (nSPS) is 43.9. The van der Waals surface area contributed by atoms with Gasteiger partial charge in [0.15, 0.2) is 0 Å². The summed E-state index contributed by atoms with van der Waals surface area (Å²) in [5.41, 5.74) is 0.736. The van der Waals surface area contributed by atoms with Crippen molar-refractivity contribution < 1.29 is 4.42 Å². The maximum atomic E-state index is 5.97. The molecule has 1 aromatic rings. The van der Waals surface area contributed by atoms with Crippen molar-refractivity contribution in [3.63, 3.8) is 0 Å². The topological polar surface area (TPSA) is 51.0 Å². The molecule has 19 heavy (non-hydrogen) atoms. The van der Waals surface area contributed by atoms with E-state index >= 15 is 0 Å². The Hall–Kier alpha value is -0.900. The molecule has 0 spiro atoms. The highest BCUT2D eigenvalue weighted by Crippen LogP contribution is 2.65. The van der Waals surface area contributed by atoms with Crippen LogP contribution in [0.5, 0.6) is 0 Å². The predicted molar refractivity (Wildman–Crippen MR) is 71.5 cm³/mol. The van der Waals surface area contributed by atoms with E-state index in [9.17, 15) is 0 Å². The molecular weight excluding hydrogens is 238 g/mol. The molecule has 1 aromatic heterocycles. The molecule has 0 saturated heterocycles. The van der Waals surface area contributed by atoms with E-state index in [2.05, 4.69) is 22.4 Å². The highest BCUT2D eigenvalue weighted by molar-refractivity contribution is 5.17. The molecule has 4 saturated carbocycles. The highest BCUT2D eigenvalue weighted by atomic mass is 16.4. The van der Waals surface area contributed by atoms with Crippen molar-refractivity contribution >= 4 is 0 Å². The van der Waals surface area contributed by atoms with E-state index in [4.69, 9.17) is 4.42 Å². The van der Waals surface area contributed by atoms with Crippen LogP contribution in [0, 0.1) is 17.3 Å². The van der Waals surface area contributed by atoms with Gasteiger partial charge < -0.3 is 9.73 Å². The van der Waals surface area contributed by atoms with Crippen LogP contribution in [0.15, 0.2) is 4.42 Å². The average Bonchev–Trinajstić information content (AvgIpc) is 2.75. The van der Waals surface area contributed by atoms with Crippen molar-refractivity contribution in [1.82, 2.24) is 15.5 Å². The van der Waals surface area contributed by atoms with E-state index < -0.39 is 0 Å². The summed E-state index contributed by atoms with van der Waals surface area (Å²) in [6, 6.07) is 0. The molecule has 2 unspecified atom stereocenters. The third kappa shape index (κ3) is 1.76. The smallest absolute Gasteiger partial charge is 0.230 e. The second-order valence-corrected chi connectivity index (χ2v) is 7.58. The number of nitrogens with zero attached hydrogens (tertiary/aromatic N) is 2. The van der Waals surface area contributed by atoms with Crippen molar-refractivity contribution in [3.8, 4) is 0 Å². The summed E-state index contributed by atoms with van der Waals surface area (Å²) in [6.07, 6.45) is 8.09. The van der Waals surface area contributed by atoms with Crippen molar-refractivity contribution in [2.75, 3.05) is 7.05 Å². The van der Waals surface area contributed by atoms with Gasteiger partial charge >= 0.3 is 0 Å². The second kappa shape index (κ2) is 3.81. The molecule has 1 N–H and O–H groups in total. The number of nitrogens with one attached hydrogen (secondary N) is 1. The van der Waals surface area contributed by atoms with E-state index in [-0.39, 0.29) is 5.41 Å². The molecule has 0 amide bonds. The largest absolute Gasteiger partial charge is 0.423 e. The number of rotatable bonds is 3. The van der Waals surface area contributed by atoms with Gasteiger partial charge in [0.25, 0.3) is 0 Å². The minimum absolute atomic E-state index is 0.206. The lowest BCUT2D eigenvalue weighted by Gasteiger charge is -2.60. The lowest BCUT2D eigenvalue weighted by molar-refractivity contribution is -0.0712. The number of aromatic nitrogens is 2. The Morgan fingerprint density at radius 2 is 1.95 bits per heavy atom. The average molecular weight is 261 g/mol. The molecule has 1 heterocycles. The van der Waals surface area contributed by atoms with E-state index in [0.29, 0.717) is 12.0 Å². The van der Waals surface area contributed by atoms with Crippen molar-refractivity contribution in [3.05, 3.63) is 11.8 Å². The summed E-state index contributed by atoms with van der Waals surface area (Å²) >= 11 is 0. The van der Waals surface area contributed by atoms with Crippen molar-refractivity contribution in [1.29, 1.82) is 0 Å². The van der Waals surface area contributed by atoms with Gasteiger partial charge in [0.2, 0.25) is 11.8 Å². The second-order valence-electron chi connectivity index (χ2n) is 7.58. The Balaban J connectivity index is 1.69. The minimum atomic E-state index is 0.206. The SMILES string of the molecule is CNCc1nnc(C23CC4CC(CC(C)(C4)C2)C3)o1. The van der Waals surface area contributed by atoms with Crippen molar-refractivity contribution in [2.24, 2.45) is 17.3 Å². The zero-order chi connectivity index (χ0) is 13.1. The third-order valence-corrected chi connectivity index (χ3v) is 5.60. The maximum absolute atomic E-state index is 5.97. The molecule has 4 aliphatic carbocycles. The molecule has 4 fully saturated rings. The van der Waals surface area contributed by atoms with Crippen LogP contribution in [0.1, 0.15) is 57.2 Å². The molecule has 0 aromatic carbocycles. The van der Waals surface area contributed by atoms with Crippen molar-refractivity contribution in [2.45, 2.75) is 57.4 Å². The Kier molecular flexibility index (Phi) is 2.39. The van der Waals surface area contributed by atoms with E-state index in [0.717, 1.165) is 23.6 Å². The number of hydrogen-bond donors (Lipinski definition) is 1. The summed E-state index contributed by atoms with van der Waals surface area (Å²) in [6.45, 7) is 3.15. The van der Waals surface area contributed by atoms with Crippen LogP contribution >= 0.6 is 0 Å². The van der Waals surface area contributed by atoms with Gasteiger partial charge in [-0.15, -0.1) is 10.2 Å². The van der Waals surface area contributed by atoms with Gasteiger partial charge in [0, 0.05) is 5.41 Å². The van der Waals surface area contributed by atoms with Crippen LogP contribution in [0.25, 0.3) is 0 Å². The van der Waals surface area contributed by atoms with Crippen LogP contribution < -0.4 is 5.32 Å². The first kappa shape index (κ1) is 11.9. The summed E-state index contributed by atoms with van der Waals surface area (Å²) in [5.74, 6) is 3.45. The molecule has 4 aliphatic rings. The third-order valence-electron chi connectivity index (χ3n) is 5.60. The van der Waals surface area contributed by atoms with Crippen LogP contribution in [-0.2, 0) is 12.0 Å². The van der Waals surface area contributed by atoms with Crippen LogP contribution in [0.2, 0.25) is 0 Å². The zero-order valence-corrected chi connectivity index (χ0v) is 11.9. The fraction of sp³-hybridized carbons (Fsp3) is 0.867. The first-order chi connectivity index (χ1) is 9.11. The molecule has 2 atom stereocenters. The molecule has 0 radical (unpaired) electrons. The van der Waals surface area contributed by atoms with Gasteiger partial charge in [0.1, 0.15) is 0 Å². The Morgan fingerprint density at radius 1 is 1.21 bits per heavy atom. The van der Waals surface area contributed by atoms with E-state index in [1.165, 1.54) is 38.5 Å². The Bertz CT molecular complexity index is 481. The van der Waals surface area contributed by atoms with E-state index in [1.54, 1.807) is 0 Å². The molecular formula is C15H23N3O. The quantitative estimate of drug-likeness (QED) is 0.908. The van der Waals surface area contributed by atoms with Gasteiger partial charge in [0.05, 0.1) is 6.54 Å². The first-order valence-corrected chi connectivity index (χ1v) is 7.58. The zero-order valence-electron chi connectivity index (χ0n) is 11.9. The summed E-state index contributed by atoms with van der Waals surface area (Å²) in [5, 5.41) is 11.7. The minimum Gasteiger partial charge on any atom is -0.423 e. The molecule has 4 nitrogen and oxygen atoms in total. The summed E-state index contributed by atoms with van der Waals surface area (Å²) in [7, 11) is 1.91. The lowest BCUT2D eigenvalue weighted by Crippen LogP contribution is -2.53. The highest BCUT2D eigenvalue weighted by Gasteiger charge is 2.58. The molecule has 4 bridgehead atoms. The van der Waals surface area contributed by atoms with Gasteiger partial charge in [-0.05, 0) is 62.8 Å². The maximum Gasteiger partial charge on any atom is 0.230 e. The summed E-state index contributed by atoms with van der Waals surface area (Å²) < 4.78 is 5.97. The fourth-order valence-corrected chi connectivity index (χ4v) is 5.66. The van der Waals surface area contributed by atoms with Gasteiger partial charge in [-0.1, -0.05) is 6.92 Å². The molecule has 104 valence electrons. The summed E-state index contributed by atoms with van der Waals surface area (Å²) in [4.78, 5) is 0. The van der Waals surface area contributed by atoms with Crippen LogP contribution in [0.3, 0.4) is 0 Å². The Labute approximate surface area is 114 Å². The predicted octanol–water partition coefficient (Wildman–Crippen LogP) is 2.65. The van der Waals surface area contributed by atoms with Crippen LogP contribution in [-0.4, -0.2) is 17.2 Å². The van der Waals surface area contributed by atoms with Gasteiger partial charge in [-0.25, -0.2) is 0 Å². The molecule has 0 aliphatic heterocycles. The molecule has 4 heteroatoms. The molecule has 5 rings (SSSR count). The Morgan fingerprint density at radius 3 is 2.58 bits per heavy atom. The lowest BCUT2D eigenvalue weighted by atomic mass is 9.44. The first-order valence-electron chi connectivity index (χ1n) is 7.58. The monoisotopic (exact) mass is 261 g/mol. The van der Waals surface area contributed by atoms with E-state index in [1.807, 2.05) is 7.05 Å². The number of hydrogen-bond acceptors (Lipinski definition) is 4. The fourth-order valence-electron chi connectivity index (χ4n) is 5.66. The van der Waals surface area contributed by atoms with Crippen LogP contribution in [0.4, 0.5) is 0 Å². The van der Waals surface area contributed by atoms with Gasteiger partial charge in [-0.2, -0.15) is 0 Å². The van der Waals surface area contributed by atoms with Gasteiger partial charge in [-0.3, -0.25) is 0 Å².